The van der Waals surface area contributed by atoms with Gasteiger partial charge in [0.2, 0.25) is 5.88 Å². The SMILES string of the molecule is COc1cccc(CN2CCN(c3ncnc4c3CCC4)CC2)n1. The molecule has 0 aromatic carbocycles. The maximum atomic E-state index is 5.21. The molecule has 1 aliphatic carbocycles. The Kier molecular flexibility index (Phi) is 4.30. The zero-order valence-electron chi connectivity index (χ0n) is 14.1. The first-order valence-corrected chi connectivity index (χ1v) is 8.63. The Hall–Kier alpha value is -2.21. The van der Waals surface area contributed by atoms with E-state index in [-0.39, 0.29) is 0 Å². The summed E-state index contributed by atoms with van der Waals surface area (Å²) in [6, 6.07) is 5.95. The van der Waals surface area contributed by atoms with Crippen molar-refractivity contribution in [1.29, 1.82) is 0 Å². The normalized spacial score (nSPS) is 17.8. The number of hydrogen-bond acceptors (Lipinski definition) is 6. The lowest BCUT2D eigenvalue weighted by atomic mass is 10.2. The molecule has 0 bridgehead atoms. The number of pyridine rings is 1. The van der Waals surface area contributed by atoms with Gasteiger partial charge in [0.1, 0.15) is 12.1 Å². The van der Waals surface area contributed by atoms with Gasteiger partial charge in [0.15, 0.2) is 0 Å². The van der Waals surface area contributed by atoms with Crippen molar-refractivity contribution >= 4 is 5.82 Å². The Bertz CT molecular complexity index is 712. The quantitative estimate of drug-likeness (QED) is 0.853. The molecule has 126 valence electrons. The number of methoxy groups -OCH3 is 1. The van der Waals surface area contributed by atoms with Crippen LogP contribution >= 0.6 is 0 Å². The van der Waals surface area contributed by atoms with Gasteiger partial charge in [-0.25, -0.2) is 15.0 Å². The van der Waals surface area contributed by atoms with Crippen molar-refractivity contribution < 1.29 is 4.74 Å². The van der Waals surface area contributed by atoms with Gasteiger partial charge in [-0.2, -0.15) is 0 Å². The van der Waals surface area contributed by atoms with Crippen LogP contribution in [0.2, 0.25) is 0 Å². The number of ether oxygens (including phenoxy) is 1. The lowest BCUT2D eigenvalue weighted by molar-refractivity contribution is 0.245. The predicted octanol–water partition coefficient (Wildman–Crippen LogP) is 1.69. The molecule has 0 spiro atoms. The predicted molar refractivity (Wildman–Crippen MR) is 92.3 cm³/mol. The zero-order chi connectivity index (χ0) is 16.4. The highest BCUT2D eigenvalue weighted by molar-refractivity contribution is 5.50. The third-order valence-electron chi connectivity index (χ3n) is 4.90. The zero-order valence-corrected chi connectivity index (χ0v) is 14.1. The molecule has 0 unspecified atom stereocenters. The number of fused-ring (bicyclic) bond motifs is 1. The fourth-order valence-electron chi connectivity index (χ4n) is 3.62. The summed E-state index contributed by atoms with van der Waals surface area (Å²) in [6.07, 6.45) is 5.17. The second kappa shape index (κ2) is 6.73. The number of hydrogen-bond donors (Lipinski definition) is 0. The van der Waals surface area contributed by atoms with Gasteiger partial charge in [0.25, 0.3) is 0 Å². The monoisotopic (exact) mass is 325 g/mol. The number of nitrogens with zero attached hydrogens (tertiary/aromatic N) is 5. The van der Waals surface area contributed by atoms with Crippen LogP contribution in [0.15, 0.2) is 24.5 Å². The first-order chi connectivity index (χ1) is 11.8. The van der Waals surface area contributed by atoms with Crippen molar-refractivity contribution in [3.8, 4) is 5.88 Å². The Morgan fingerprint density at radius 1 is 1.08 bits per heavy atom. The lowest BCUT2D eigenvalue weighted by Crippen LogP contribution is -2.46. The average molecular weight is 325 g/mol. The molecule has 4 rings (SSSR count). The van der Waals surface area contributed by atoms with Crippen LogP contribution in [0.4, 0.5) is 5.82 Å². The fourth-order valence-corrected chi connectivity index (χ4v) is 3.62. The molecule has 6 nitrogen and oxygen atoms in total. The molecule has 2 aromatic heterocycles. The highest BCUT2D eigenvalue weighted by Crippen LogP contribution is 2.28. The number of aryl methyl sites for hydroxylation is 1. The van der Waals surface area contributed by atoms with Crippen molar-refractivity contribution in [3.05, 3.63) is 41.5 Å². The summed E-state index contributed by atoms with van der Waals surface area (Å²) in [5, 5.41) is 0. The summed E-state index contributed by atoms with van der Waals surface area (Å²) in [5.74, 6) is 1.85. The van der Waals surface area contributed by atoms with E-state index in [4.69, 9.17) is 4.74 Å². The molecule has 0 atom stereocenters. The molecule has 1 saturated heterocycles. The first-order valence-electron chi connectivity index (χ1n) is 8.63. The standard InChI is InChI=1S/C18H23N5O/c1-24-17-7-2-4-14(21-17)12-22-8-10-23(11-9-22)18-15-5-3-6-16(15)19-13-20-18/h2,4,7,13H,3,5-6,8-12H2,1H3. The van der Waals surface area contributed by atoms with Crippen LogP contribution in [-0.2, 0) is 19.4 Å². The minimum atomic E-state index is 0.683. The molecule has 1 aliphatic heterocycles. The highest BCUT2D eigenvalue weighted by atomic mass is 16.5. The largest absolute Gasteiger partial charge is 0.481 e. The van der Waals surface area contributed by atoms with Gasteiger partial charge in [-0.1, -0.05) is 6.07 Å². The van der Waals surface area contributed by atoms with Gasteiger partial charge < -0.3 is 9.64 Å². The highest BCUT2D eigenvalue weighted by Gasteiger charge is 2.24. The maximum Gasteiger partial charge on any atom is 0.213 e. The minimum Gasteiger partial charge on any atom is -0.481 e. The first kappa shape index (κ1) is 15.3. The lowest BCUT2D eigenvalue weighted by Gasteiger charge is -2.36. The third kappa shape index (κ3) is 3.06. The third-order valence-corrected chi connectivity index (χ3v) is 4.90. The molecule has 0 saturated carbocycles. The van der Waals surface area contributed by atoms with Gasteiger partial charge in [0.05, 0.1) is 12.8 Å². The summed E-state index contributed by atoms with van der Waals surface area (Å²) in [4.78, 5) is 18.4. The fraction of sp³-hybridized carbons (Fsp3) is 0.500. The van der Waals surface area contributed by atoms with Crippen molar-refractivity contribution in [2.24, 2.45) is 0 Å². The molecule has 0 amide bonds. The van der Waals surface area contributed by atoms with E-state index in [1.54, 1.807) is 13.4 Å². The Labute approximate surface area is 142 Å². The van der Waals surface area contributed by atoms with E-state index < -0.39 is 0 Å². The van der Waals surface area contributed by atoms with E-state index in [1.807, 2.05) is 12.1 Å². The molecule has 0 radical (unpaired) electrons. The van der Waals surface area contributed by atoms with E-state index in [2.05, 4.69) is 30.8 Å². The molecule has 0 N–H and O–H groups in total. The maximum absolute atomic E-state index is 5.21. The number of piperazine rings is 1. The van der Waals surface area contributed by atoms with Crippen LogP contribution in [-0.4, -0.2) is 53.1 Å². The second-order valence-corrected chi connectivity index (χ2v) is 6.41. The molecular weight excluding hydrogens is 302 g/mol. The minimum absolute atomic E-state index is 0.683. The van der Waals surface area contributed by atoms with Crippen molar-refractivity contribution in [2.45, 2.75) is 25.8 Å². The van der Waals surface area contributed by atoms with Gasteiger partial charge in [-0.15, -0.1) is 0 Å². The number of aromatic nitrogens is 3. The summed E-state index contributed by atoms with van der Waals surface area (Å²) in [6.45, 7) is 4.93. The molecule has 2 aliphatic rings. The van der Waals surface area contributed by atoms with Gasteiger partial charge in [0, 0.05) is 50.0 Å². The van der Waals surface area contributed by atoms with Gasteiger partial charge >= 0.3 is 0 Å². The van der Waals surface area contributed by atoms with Crippen LogP contribution in [0.1, 0.15) is 23.4 Å². The van der Waals surface area contributed by atoms with Crippen molar-refractivity contribution in [2.75, 3.05) is 38.2 Å². The topological polar surface area (TPSA) is 54.4 Å². The van der Waals surface area contributed by atoms with Crippen molar-refractivity contribution in [1.82, 2.24) is 19.9 Å². The smallest absolute Gasteiger partial charge is 0.213 e. The van der Waals surface area contributed by atoms with Crippen LogP contribution in [0.5, 0.6) is 5.88 Å². The van der Waals surface area contributed by atoms with Crippen LogP contribution in [0.3, 0.4) is 0 Å². The van der Waals surface area contributed by atoms with Crippen LogP contribution < -0.4 is 9.64 Å². The van der Waals surface area contributed by atoms with Gasteiger partial charge in [-0.05, 0) is 25.3 Å². The van der Waals surface area contributed by atoms with E-state index in [1.165, 1.54) is 17.7 Å². The molecule has 24 heavy (non-hydrogen) atoms. The van der Waals surface area contributed by atoms with Crippen molar-refractivity contribution in [3.63, 3.8) is 0 Å². The molecule has 3 heterocycles. The molecule has 6 heteroatoms. The Morgan fingerprint density at radius 3 is 2.79 bits per heavy atom. The molecular formula is C18H23N5O. The summed E-state index contributed by atoms with van der Waals surface area (Å²) >= 11 is 0. The number of anilines is 1. The summed E-state index contributed by atoms with van der Waals surface area (Å²) in [5.41, 5.74) is 3.69. The van der Waals surface area contributed by atoms with E-state index in [0.717, 1.165) is 57.1 Å². The van der Waals surface area contributed by atoms with Crippen LogP contribution in [0, 0.1) is 0 Å². The van der Waals surface area contributed by atoms with E-state index >= 15 is 0 Å². The molecule has 2 aromatic rings. The van der Waals surface area contributed by atoms with Crippen LogP contribution in [0.25, 0.3) is 0 Å². The van der Waals surface area contributed by atoms with E-state index in [0.29, 0.717) is 5.88 Å². The summed E-state index contributed by atoms with van der Waals surface area (Å²) in [7, 11) is 1.66. The van der Waals surface area contributed by atoms with Gasteiger partial charge in [-0.3, -0.25) is 4.90 Å². The number of rotatable bonds is 4. The Morgan fingerprint density at radius 2 is 1.96 bits per heavy atom. The molecule has 1 fully saturated rings. The average Bonchev–Trinajstić information content (AvgIpc) is 3.11. The second-order valence-electron chi connectivity index (χ2n) is 6.41. The van der Waals surface area contributed by atoms with E-state index in [9.17, 15) is 0 Å². The summed E-state index contributed by atoms with van der Waals surface area (Å²) < 4.78 is 5.21. The Balaban J connectivity index is 1.39.